The molecule has 1 saturated heterocycles. The quantitative estimate of drug-likeness (QED) is 0.881. The Morgan fingerprint density at radius 2 is 1.96 bits per heavy atom. The number of ether oxygens (including phenoxy) is 1. The summed E-state index contributed by atoms with van der Waals surface area (Å²) in [6.07, 6.45) is 1.13. The van der Waals surface area contributed by atoms with Crippen LogP contribution in [0.1, 0.15) is 30.8 Å². The Bertz CT molecular complexity index is 715. The van der Waals surface area contributed by atoms with E-state index in [1.165, 1.54) is 0 Å². The average Bonchev–Trinajstić information content (AvgIpc) is 2.95. The number of rotatable bonds is 3. The Hall–Kier alpha value is -2.37. The van der Waals surface area contributed by atoms with Crippen molar-refractivity contribution in [3.05, 3.63) is 30.0 Å². The lowest BCUT2D eigenvalue weighted by atomic mass is 9.92. The number of amides is 1. The minimum atomic E-state index is -0.575. The van der Waals surface area contributed by atoms with E-state index in [9.17, 15) is 9.59 Å². The molecule has 6 heteroatoms. The van der Waals surface area contributed by atoms with Gasteiger partial charge < -0.3 is 9.64 Å². The molecule has 23 heavy (non-hydrogen) atoms. The number of benzene rings is 1. The molecule has 1 aliphatic heterocycles. The second kappa shape index (κ2) is 6.40. The molecule has 1 fully saturated rings. The molecule has 0 unspecified atom stereocenters. The van der Waals surface area contributed by atoms with Crippen LogP contribution in [-0.4, -0.2) is 46.7 Å². The summed E-state index contributed by atoms with van der Waals surface area (Å²) in [6, 6.07) is 7.32. The van der Waals surface area contributed by atoms with E-state index in [0.29, 0.717) is 17.2 Å². The Labute approximate surface area is 134 Å². The number of aromatic nitrogens is 2. The van der Waals surface area contributed by atoms with Crippen LogP contribution in [0, 0.1) is 11.8 Å². The van der Waals surface area contributed by atoms with Crippen LogP contribution < -0.4 is 0 Å². The first-order valence-corrected chi connectivity index (χ1v) is 7.92. The van der Waals surface area contributed by atoms with Crippen molar-refractivity contribution < 1.29 is 14.3 Å². The molecule has 1 aromatic carbocycles. The number of carbonyl (C=O) groups excluding carboxylic acids is 2. The minimum absolute atomic E-state index is 0.142. The van der Waals surface area contributed by atoms with Crippen molar-refractivity contribution >= 4 is 22.8 Å². The SMILES string of the molecule is C[C@H]1C[C@H](C)CN(C(=O)COC(=O)c2n[nH]c3ccccc23)C1. The number of aromatic amines is 1. The number of esters is 1. The summed E-state index contributed by atoms with van der Waals surface area (Å²) in [6.45, 7) is 5.49. The zero-order valence-corrected chi connectivity index (χ0v) is 13.4. The summed E-state index contributed by atoms with van der Waals surface area (Å²) < 4.78 is 5.17. The highest BCUT2D eigenvalue weighted by molar-refractivity contribution is 6.02. The Balaban J connectivity index is 1.61. The fraction of sp³-hybridized carbons (Fsp3) is 0.471. The zero-order valence-electron chi connectivity index (χ0n) is 13.4. The zero-order chi connectivity index (χ0) is 16.4. The molecule has 1 N–H and O–H groups in total. The van der Waals surface area contributed by atoms with Gasteiger partial charge in [0.2, 0.25) is 0 Å². The molecule has 2 aromatic rings. The minimum Gasteiger partial charge on any atom is -0.451 e. The number of para-hydroxylation sites is 1. The molecule has 0 bridgehead atoms. The smallest absolute Gasteiger partial charge is 0.359 e. The van der Waals surface area contributed by atoms with Gasteiger partial charge in [0.1, 0.15) is 0 Å². The fourth-order valence-corrected chi connectivity index (χ4v) is 3.27. The van der Waals surface area contributed by atoms with Gasteiger partial charge >= 0.3 is 5.97 Å². The second-order valence-corrected chi connectivity index (χ2v) is 6.44. The predicted octanol–water partition coefficient (Wildman–Crippen LogP) is 2.22. The maximum atomic E-state index is 12.2. The summed E-state index contributed by atoms with van der Waals surface area (Å²) in [4.78, 5) is 26.2. The number of nitrogens with zero attached hydrogens (tertiary/aromatic N) is 2. The molecule has 0 spiro atoms. The first-order chi connectivity index (χ1) is 11.0. The van der Waals surface area contributed by atoms with Crippen LogP contribution in [0.5, 0.6) is 0 Å². The summed E-state index contributed by atoms with van der Waals surface area (Å²) in [5.74, 6) is 0.243. The maximum absolute atomic E-state index is 12.2. The molecular formula is C17H21N3O3. The molecule has 1 aliphatic rings. The number of hydrogen-bond acceptors (Lipinski definition) is 4. The van der Waals surface area contributed by atoms with Crippen molar-refractivity contribution in [3.8, 4) is 0 Å². The summed E-state index contributed by atoms with van der Waals surface area (Å²) in [5.41, 5.74) is 0.984. The van der Waals surface area contributed by atoms with Crippen LogP contribution in [0.2, 0.25) is 0 Å². The lowest BCUT2D eigenvalue weighted by Gasteiger charge is -2.34. The van der Waals surface area contributed by atoms with Gasteiger partial charge in [-0.3, -0.25) is 9.89 Å². The van der Waals surface area contributed by atoms with Crippen molar-refractivity contribution in [2.24, 2.45) is 11.8 Å². The molecule has 1 aromatic heterocycles. The number of carbonyl (C=O) groups is 2. The average molecular weight is 315 g/mol. The summed E-state index contributed by atoms with van der Waals surface area (Å²) in [5, 5.41) is 7.47. The summed E-state index contributed by atoms with van der Waals surface area (Å²) >= 11 is 0. The molecule has 2 atom stereocenters. The molecule has 1 amide bonds. The van der Waals surface area contributed by atoms with E-state index in [4.69, 9.17) is 4.74 Å². The Morgan fingerprint density at radius 1 is 1.26 bits per heavy atom. The van der Waals surface area contributed by atoms with Crippen molar-refractivity contribution in [2.75, 3.05) is 19.7 Å². The van der Waals surface area contributed by atoms with Gasteiger partial charge in [0.05, 0.1) is 5.52 Å². The Morgan fingerprint density at radius 3 is 2.70 bits per heavy atom. The number of fused-ring (bicyclic) bond motifs is 1. The van der Waals surface area contributed by atoms with Gasteiger partial charge in [0.25, 0.3) is 5.91 Å². The van der Waals surface area contributed by atoms with Crippen molar-refractivity contribution in [2.45, 2.75) is 20.3 Å². The monoisotopic (exact) mass is 315 g/mol. The van der Waals surface area contributed by atoms with Crippen molar-refractivity contribution in [3.63, 3.8) is 0 Å². The third-order valence-electron chi connectivity index (χ3n) is 4.21. The van der Waals surface area contributed by atoms with Gasteiger partial charge in [-0.2, -0.15) is 5.10 Å². The van der Waals surface area contributed by atoms with Gasteiger partial charge in [-0.1, -0.05) is 32.0 Å². The highest BCUT2D eigenvalue weighted by Crippen LogP contribution is 2.21. The van der Waals surface area contributed by atoms with Crippen molar-refractivity contribution in [1.82, 2.24) is 15.1 Å². The molecule has 122 valence electrons. The standard InChI is InChI=1S/C17H21N3O3/c1-11-7-12(2)9-20(8-11)15(21)10-23-17(22)16-13-5-3-4-6-14(13)18-19-16/h3-6,11-12H,7-10H2,1-2H3,(H,18,19)/t11-,12-/m0/s1. The molecular weight excluding hydrogens is 294 g/mol. The first kappa shape index (κ1) is 15.5. The summed E-state index contributed by atoms with van der Waals surface area (Å²) in [7, 11) is 0. The molecule has 0 saturated carbocycles. The number of hydrogen-bond donors (Lipinski definition) is 1. The van der Waals surface area contributed by atoms with E-state index in [2.05, 4.69) is 24.0 Å². The van der Waals surface area contributed by atoms with E-state index in [1.54, 1.807) is 11.0 Å². The van der Waals surface area contributed by atoms with Gasteiger partial charge in [0, 0.05) is 18.5 Å². The van der Waals surface area contributed by atoms with Gasteiger partial charge in [-0.15, -0.1) is 0 Å². The van der Waals surface area contributed by atoms with Crippen LogP contribution in [0.4, 0.5) is 0 Å². The maximum Gasteiger partial charge on any atom is 0.359 e. The number of likely N-dealkylation sites (tertiary alicyclic amines) is 1. The lowest BCUT2D eigenvalue weighted by molar-refractivity contribution is -0.137. The lowest BCUT2D eigenvalue weighted by Crippen LogP contribution is -2.44. The third-order valence-corrected chi connectivity index (χ3v) is 4.21. The van der Waals surface area contributed by atoms with E-state index < -0.39 is 5.97 Å². The van der Waals surface area contributed by atoms with Crippen LogP contribution in [0.25, 0.3) is 10.9 Å². The molecule has 0 aliphatic carbocycles. The predicted molar refractivity (Wildman–Crippen MR) is 85.9 cm³/mol. The largest absolute Gasteiger partial charge is 0.451 e. The van der Waals surface area contributed by atoms with Gasteiger partial charge in [-0.25, -0.2) is 4.79 Å². The number of piperidine rings is 1. The fourth-order valence-electron chi connectivity index (χ4n) is 3.27. The van der Waals surface area contributed by atoms with Crippen LogP contribution in [-0.2, 0) is 9.53 Å². The van der Waals surface area contributed by atoms with Gasteiger partial charge in [0.15, 0.2) is 12.3 Å². The van der Waals surface area contributed by atoms with Crippen LogP contribution >= 0.6 is 0 Å². The van der Waals surface area contributed by atoms with E-state index in [1.807, 2.05) is 18.2 Å². The highest BCUT2D eigenvalue weighted by Gasteiger charge is 2.26. The molecule has 3 rings (SSSR count). The number of H-pyrrole nitrogens is 1. The van der Waals surface area contributed by atoms with E-state index in [-0.39, 0.29) is 18.2 Å². The van der Waals surface area contributed by atoms with Crippen LogP contribution in [0.15, 0.2) is 24.3 Å². The topological polar surface area (TPSA) is 75.3 Å². The molecule has 0 radical (unpaired) electrons. The van der Waals surface area contributed by atoms with Crippen LogP contribution in [0.3, 0.4) is 0 Å². The normalized spacial score (nSPS) is 21.4. The number of nitrogens with one attached hydrogen (secondary N) is 1. The first-order valence-electron chi connectivity index (χ1n) is 7.92. The second-order valence-electron chi connectivity index (χ2n) is 6.44. The van der Waals surface area contributed by atoms with E-state index >= 15 is 0 Å². The molecule has 6 nitrogen and oxygen atoms in total. The van der Waals surface area contributed by atoms with E-state index in [0.717, 1.165) is 25.0 Å². The Kier molecular flexibility index (Phi) is 4.32. The third kappa shape index (κ3) is 3.36. The highest BCUT2D eigenvalue weighted by atomic mass is 16.5. The molecule has 2 heterocycles. The van der Waals surface area contributed by atoms with Crippen molar-refractivity contribution in [1.29, 1.82) is 0 Å². The van der Waals surface area contributed by atoms with Gasteiger partial charge in [-0.05, 0) is 24.3 Å².